The maximum Gasteiger partial charge on any atom is 0.330 e. The summed E-state index contributed by atoms with van der Waals surface area (Å²) in [5.74, 6) is -0.854. The summed E-state index contributed by atoms with van der Waals surface area (Å²) in [5.41, 5.74) is 0.344. The van der Waals surface area contributed by atoms with Gasteiger partial charge in [-0.2, -0.15) is 5.10 Å². The molecule has 30 heavy (non-hydrogen) atoms. The predicted molar refractivity (Wildman–Crippen MR) is 108 cm³/mol. The van der Waals surface area contributed by atoms with Crippen LogP contribution in [-0.4, -0.2) is 57.9 Å². The Morgan fingerprint density at radius 1 is 1.20 bits per heavy atom. The Bertz CT molecular complexity index is 1060. The highest BCUT2D eigenvalue weighted by atomic mass is 32.2. The Kier molecular flexibility index (Phi) is 7.55. The molecule has 0 aliphatic heterocycles. The van der Waals surface area contributed by atoms with Crippen molar-refractivity contribution < 1.29 is 32.2 Å². The van der Waals surface area contributed by atoms with E-state index < -0.39 is 28.4 Å². The lowest BCUT2D eigenvalue weighted by molar-refractivity contribution is -0.134. The van der Waals surface area contributed by atoms with Crippen LogP contribution in [0.25, 0.3) is 6.08 Å². The van der Waals surface area contributed by atoms with Crippen LogP contribution in [0.2, 0.25) is 0 Å². The predicted octanol–water partition coefficient (Wildman–Crippen LogP) is 0.540. The number of sulfonamides is 1. The van der Waals surface area contributed by atoms with Gasteiger partial charge in [-0.15, -0.1) is 0 Å². The molecule has 12 heteroatoms. The first-order valence-corrected chi connectivity index (χ1v) is 9.99. The van der Waals surface area contributed by atoms with Crippen molar-refractivity contribution in [2.24, 2.45) is 7.05 Å². The Morgan fingerprint density at radius 3 is 2.50 bits per heavy atom. The van der Waals surface area contributed by atoms with Gasteiger partial charge in [0.15, 0.2) is 17.3 Å². The van der Waals surface area contributed by atoms with Crippen LogP contribution in [0.5, 0.6) is 11.5 Å². The molecule has 0 aliphatic carbocycles. The summed E-state index contributed by atoms with van der Waals surface area (Å²) in [6.45, 7) is -0.535. The van der Waals surface area contributed by atoms with Crippen LogP contribution in [0.1, 0.15) is 5.56 Å². The zero-order chi connectivity index (χ0) is 22.3. The molecule has 0 unspecified atom stereocenters. The van der Waals surface area contributed by atoms with Crippen molar-refractivity contribution in [2.45, 2.75) is 4.90 Å². The molecule has 11 nitrogen and oxygen atoms in total. The summed E-state index contributed by atoms with van der Waals surface area (Å²) in [6.07, 6.45) is 4.12. The van der Waals surface area contributed by atoms with Crippen molar-refractivity contribution in [1.29, 1.82) is 0 Å². The van der Waals surface area contributed by atoms with Gasteiger partial charge in [0.05, 0.1) is 27.9 Å². The molecular weight excluding hydrogens is 416 g/mol. The average Bonchev–Trinajstić information content (AvgIpc) is 3.14. The van der Waals surface area contributed by atoms with E-state index in [1.807, 2.05) is 0 Å². The Morgan fingerprint density at radius 2 is 1.93 bits per heavy atom. The van der Waals surface area contributed by atoms with Crippen molar-refractivity contribution in [3.63, 3.8) is 0 Å². The Balaban J connectivity index is 2.28. The normalized spacial score (nSPS) is 11.3. The van der Waals surface area contributed by atoms with Crippen LogP contribution in [0, 0.1) is 0 Å². The number of benzene rings is 1. The minimum atomic E-state index is -4.18. The molecule has 1 amide bonds. The summed E-state index contributed by atoms with van der Waals surface area (Å²) in [7, 11) is 1.35. The number of nitrogens with one attached hydrogen (secondary N) is 2. The molecule has 0 saturated carbocycles. The molecule has 1 heterocycles. The third-order valence-corrected chi connectivity index (χ3v) is 5.18. The molecular formula is C18H22N4O7S. The first-order valence-electron chi connectivity index (χ1n) is 8.51. The average molecular weight is 438 g/mol. The van der Waals surface area contributed by atoms with Crippen molar-refractivity contribution in [2.75, 3.05) is 33.2 Å². The smallest absolute Gasteiger partial charge is 0.330 e. The molecule has 162 valence electrons. The van der Waals surface area contributed by atoms with E-state index in [0.717, 1.165) is 6.08 Å². The van der Waals surface area contributed by atoms with Crippen molar-refractivity contribution >= 4 is 33.8 Å². The number of nitrogens with zero attached hydrogens (tertiary/aromatic N) is 2. The van der Waals surface area contributed by atoms with Crippen molar-refractivity contribution in [1.82, 2.24) is 14.5 Å². The highest BCUT2D eigenvalue weighted by Gasteiger charge is 2.24. The molecule has 0 spiro atoms. The Hall–Kier alpha value is -3.38. The van der Waals surface area contributed by atoms with Crippen LogP contribution in [0.15, 0.2) is 35.4 Å². The number of aryl methyl sites for hydroxylation is 1. The molecule has 1 aromatic heterocycles. The molecule has 1 aromatic carbocycles. The summed E-state index contributed by atoms with van der Waals surface area (Å²) < 4.78 is 44.3. The third-order valence-electron chi connectivity index (χ3n) is 3.77. The second-order valence-corrected chi connectivity index (χ2v) is 7.59. The van der Waals surface area contributed by atoms with Crippen LogP contribution >= 0.6 is 0 Å². The van der Waals surface area contributed by atoms with Gasteiger partial charge in [0.25, 0.3) is 0 Å². The van der Waals surface area contributed by atoms with E-state index in [9.17, 15) is 18.0 Å². The van der Waals surface area contributed by atoms with Crippen LogP contribution in [-0.2, 0) is 31.4 Å². The summed E-state index contributed by atoms with van der Waals surface area (Å²) >= 11 is 0. The van der Waals surface area contributed by atoms with Gasteiger partial charge >= 0.3 is 5.97 Å². The number of carbonyl (C=O) groups excluding carboxylic acids is 2. The zero-order valence-corrected chi connectivity index (χ0v) is 17.6. The van der Waals surface area contributed by atoms with Crippen molar-refractivity contribution in [3.8, 4) is 11.5 Å². The number of hydrogen-bond donors (Lipinski definition) is 2. The highest BCUT2D eigenvalue weighted by Crippen LogP contribution is 2.36. The van der Waals surface area contributed by atoms with Crippen LogP contribution in [0.4, 0.5) is 5.82 Å². The lowest BCUT2D eigenvalue weighted by atomic mass is 10.2. The minimum Gasteiger partial charge on any atom is -0.493 e. The number of aromatic nitrogens is 2. The lowest BCUT2D eigenvalue weighted by Crippen LogP contribution is -2.33. The number of esters is 1. The summed E-state index contributed by atoms with van der Waals surface area (Å²) in [5, 5.41) is 6.45. The maximum atomic E-state index is 12.8. The number of rotatable bonds is 9. The molecule has 0 radical (unpaired) electrons. The quantitative estimate of drug-likeness (QED) is 0.427. The van der Waals surface area contributed by atoms with Gasteiger partial charge in [-0.05, 0) is 23.8 Å². The standard InChI is InChI=1S/C18H22N4O7S/c1-22-8-7-15(21-22)20-16(23)11-19-30(25,26)14-10-12(5-6-17(24)28-3)9-13(27-2)18(14)29-4/h5-10,19H,11H2,1-4H3,(H,20,21,23). The number of amides is 1. The van der Waals surface area contributed by atoms with Gasteiger partial charge in [-0.1, -0.05) is 0 Å². The molecule has 0 fully saturated rings. The number of ether oxygens (including phenoxy) is 3. The number of anilines is 1. The van der Waals surface area contributed by atoms with Gasteiger partial charge < -0.3 is 19.5 Å². The fourth-order valence-electron chi connectivity index (χ4n) is 2.38. The minimum absolute atomic E-state index is 0.0506. The van der Waals surface area contributed by atoms with E-state index in [1.54, 1.807) is 19.3 Å². The van der Waals surface area contributed by atoms with Crippen molar-refractivity contribution in [3.05, 3.63) is 36.0 Å². The van der Waals surface area contributed by atoms with E-state index >= 15 is 0 Å². The molecule has 2 N–H and O–H groups in total. The highest BCUT2D eigenvalue weighted by molar-refractivity contribution is 7.89. The maximum absolute atomic E-state index is 12.8. The summed E-state index contributed by atoms with van der Waals surface area (Å²) in [6, 6.07) is 4.34. The lowest BCUT2D eigenvalue weighted by Gasteiger charge is -2.15. The van der Waals surface area contributed by atoms with E-state index in [4.69, 9.17) is 9.47 Å². The van der Waals surface area contributed by atoms with Gasteiger partial charge in [-0.25, -0.2) is 17.9 Å². The largest absolute Gasteiger partial charge is 0.493 e. The Labute approximate surface area is 173 Å². The van der Waals surface area contributed by atoms with Crippen LogP contribution in [0.3, 0.4) is 0 Å². The van der Waals surface area contributed by atoms with Gasteiger partial charge in [0, 0.05) is 25.4 Å². The second kappa shape index (κ2) is 9.89. The van der Waals surface area contributed by atoms with E-state index in [1.165, 1.54) is 44.2 Å². The van der Waals surface area contributed by atoms with E-state index in [0.29, 0.717) is 5.56 Å². The van der Waals surface area contributed by atoms with Gasteiger partial charge in [0.1, 0.15) is 4.90 Å². The fraction of sp³-hybridized carbons (Fsp3) is 0.278. The first-order chi connectivity index (χ1) is 14.2. The summed E-state index contributed by atoms with van der Waals surface area (Å²) in [4.78, 5) is 23.1. The van der Waals surface area contributed by atoms with Crippen LogP contribution < -0.4 is 19.5 Å². The molecule has 2 rings (SSSR count). The molecule has 0 bridgehead atoms. The fourth-order valence-corrected chi connectivity index (χ4v) is 3.58. The topological polar surface area (TPSA) is 138 Å². The number of hydrogen-bond acceptors (Lipinski definition) is 8. The molecule has 0 aliphatic rings. The van der Waals surface area contributed by atoms with E-state index in [-0.39, 0.29) is 22.2 Å². The third kappa shape index (κ3) is 5.81. The first kappa shape index (κ1) is 22.9. The zero-order valence-electron chi connectivity index (χ0n) is 16.8. The van der Waals surface area contributed by atoms with E-state index in [2.05, 4.69) is 19.9 Å². The number of methoxy groups -OCH3 is 3. The molecule has 0 atom stereocenters. The van der Waals surface area contributed by atoms with Gasteiger partial charge in [-0.3, -0.25) is 9.48 Å². The SMILES string of the molecule is COC(=O)C=Cc1cc(OC)c(OC)c(S(=O)(=O)NCC(=O)Nc2ccn(C)n2)c1. The molecule has 0 saturated heterocycles. The molecule has 2 aromatic rings. The van der Waals surface area contributed by atoms with Gasteiger partial charge in [0.2, 0.25) is 15.9 Å². The second-order valence-electron chi connectivity index (χ2n) is 5.86. The number of carbonyl (C=O) groups is 2. The monoisotopic (exact) mass is 438 g/mol.